The van der Waals surface area contributed by atoms with Gasteiger partial charge in [0.1, 0.15) is 97.4 Å². The van der Waals surface area contributed by atoms with Crippen molar-refractivity contribution in [2.75, 3.05) is 126 Å². The van der Waals surface area contributed by atoms with Crippen molar-refractivity contribution in [3.63, 3.8) is 0 Å². The van der Waals surface area contributed by atoms with Crippen molar-refractivity contribution >= 4 is 78.7 Å². The van der Waals surface area contributed by atoms with E-state index in [1.165, 1.54) is 32.6 Å². The van der Waals surface area contributed by atoms with Crippen LogP contribution in [0, 0.1) is 0 Å². The summed E-state index contributed by atoms with van der Waals surface area (Å²) < 4.78 is 80.7. The monoisotopic (exact) mass is 1960 g/mol. The number of unbranched alkanes of at least 4 members (excludes halogenated alkanes) is 13. The van der Waals surface area contributed by atoms with Crippen LogP contribution in [-0.4, -0.2) is 387 Å². The topological polar surface area (TPSA) is 694 Å². The number of likely N-dealkylation sites (tertiary alicyclic amines) is 1. The van der Waals surface area contributed by atoms with Crippen molar-refractivity contribution < 1.29 is 174 Å². The molecule has 23 atom stereocenters. The highest BCUT2D eigenvalue weighted by Crippen LogP contribution is 2.38. The zero-order valence-electron chi connectivity index (χ0n) is 78.4. The van der Waals surface area contributed by atoms with Crippen LogP contribution in [0.5, 0.6) is 0 Å². The van der Waals surface area contributed by atoms with Gasteiger partial charge in [0.25, 0.3) is 7.82 Å². The number of phosphoric acid groups is 1. The molecule has 0 saturated carbocycles. The molecule has 0 bridgehead atoms. The number of β-amino-alcohol motifs (C(OH)–C–C–N with tert-alkyl or cyclic N) is 1. The molecule has 49 heteroatoms. The lowest BCUT2D eigenvalue weighted by Gasteiger charge is -2.46. The van der Waals surface area contributed by atoms with Gasteiger partial charge in [-0.1, -0.05) is 38.5 Å². The summed E-state index contributed by atoms with van der Waals surface area (Å²) in [5, 5.41) is 132. The molecule has 21 N–H and O–H groups in total. The summed E-state index contributed by atoms with van der Waals surface area (Å²) >= 11 is 0. The van der Waals surface area contributed by atoms with Crippen LogP contribution in [0.3, 0.4) is 0 Å². The normalized spacial score (nSPS) is 27.2. The summed E-state index contributed by atoms with van der Waals surface area (Å²) in [5.74, 6) is -4.68. The molecule has 5 saturated heterocycles. The molecule has 5 aliphatic rings. The van der Waals surface area contributed by atoms with E-state index in [-0.39, 0.29) is 179 Å². The summed E-state index contributed by atoms with van der Waals surface area (Å²) in [6, 6.07) is -5.14. The summed E-state index contributed by atoms with van der Waals surface area (Å²) in [6.45, 7) is 3.62. The van der Waals surface area contributed by atoms with Crippen molar-refractivity contribution in [1.29, 1.82) is 0 Å². The Morgan fingerprint density at radius 2 is 0.681 bits per heavy atom. The zero-order chi connectivity index (χ0) is 99.2. The van der Waals surface area contributed by atoms with Crippen LogP contribution in [0.4, 0.5) is 0 Å². The minimum atomic E-state index is -4.53. The standard InChI is InChI=1S/C86H153N12O36P/c1-53(102)93-71-78(118)75(115)59(48-99)132-84(71)127-40-23-14-26-63(107)87-34-17-20-37-90-66(110)31-43-124-52-62-81(125-44-32-67(111)91-38-21-18-35-88-64(108)27-15-24-41-128-85-72(94-54(2)103)79(119)76(116)60(49-100)133-85)82(126-45-33-68(112)92-39-22-19-36-89-65(109)28-16-25-42-129-86-73(95-55(3)104)80(120)77(117)61(50-101)134-86)74(96-56(4)105)83(131-62)97-69(113)29-12-10-8-6-7-9-11-13-30-70(114)98-47-58(106)46-57(98)51-130-135(121,122)123-5/h57-62,71-86,99-101,106,115-120H,6-52H2,1-5H3,(H,87,107)(H,88,108)(H,89,109)(H,90,110)(H,91,111)(H,92,112)(H,93,102)(H,94,103)(H,95,104)(H,96,105)(H,97,113)(H,121,122)/p-1/t57-,58+,59+,60+,61+,62+,71+,72+,73+,74+,75-,76-,77-,78+,79+,80+,81+,82+,83+,84+,85+,86+/m0/s1. The van der Waals surface area contributed by atoms with Gasteiger partial charge in [-0.25, -0.2) is 0 Å². The van der Waals surface area contributed by atoms with Gasteiger partial charge in [0.15, 0.2) is 25.1 Å². The fourth-order valence-electron chi connectivity index (χ4n) is 15.8. The number of ether oxygens (including phenoxy) is 10. The molecule has 48 nitrogen and oxygen atoms in total. The molecule has 5 fully saturated rings. The van der Waals surface area contributed by atoms with E-state index in [1.807, 2.05) is 0 Å². The molecule has 1 unspecified atom stereocenters. The third kappa shape index (κ3) is 46.3. The van der Waals surface area contributed by atoms with Crippen LogP contribution in [0.2, 0.25) is 0 Å². The van der Waals surface area contributed by atoms with Gasteiger partial charge in [0.05, 0.1) is 65.0 Å². The number of aliphatic hydroxyl groups is 10. The van der Waals surface area contributed by atoms with E-state index in [9.17, 15) is 118 Å². The van der Waals surface area contributed by atoms with Crippen LogP contribution in [0.1, 0.15) is 214 Å². The number of hydrogen-bond acceptors (Lipinski definition) is 36. The van der Waals surface area contributed by atoms with E-state index in [0.717, 1.165) is 39.2 Å². The Hall–Kier alpha value is -7.05. The van der Waals surface area contributed by atoms with Gasteiger partial charge in [-0.3, -0.25) is 62.1 Å². The van der Waals surface area contributed by atoms with Crippen molar-refractivity contribution in [1.82, 2.24) is 63.4 Å². The largest absolute Gasteiger partial charge is 0.756 e. The molecular weight excluding hydrogens is 1810 g/mol. The second-order valence-corrected chi connectivity index (χ2v) is 35.7. The highest BCUT2D eigenvalue weighted by Gasteiger charge is 2.51. The third-order valence-electron chi connectivity index (χ3n) is 23.0. The second kappa shape index (κ2) is 66.6. The second-order valence-electron chi connectivity index (χ2n) is 34.2. The quantitative estimate of drug-likeness (QED) is 0.0200. The number of rotatable bonds is 69. The first-order valence-corrected chi connectivity index (χ1v) is 48.7. The third-order valence-corrected chi connectivity index (χ3v) is 24.0. The predicted octanol–water partition coefficient (Wildman–Crippen LogP) is -5.29. The zero-order valence-corrected chi connectivity index (χ0v) is 79.3. The average Bonchev–Trinajstić information content (AvgIpc) is 1.46. The van der Waals surface area contributed by atoms with Gasteiger partial charge >= 0.3 is 0 Å². The van der Waals surface area contributed by atoms with E-state index in [0.29, 0.717) is 103 Å². The molecule has 778 valence electrons. The first-order chi connectivity index (χ1) is 64.6. The highest BCUT2D eigenvalue weighted by atomic mass is 31.2. The smallest absolute Gasteiger partial charge is 0.267 e. The summed E-state index contributed by atoms with van der Waals surface area (Å²) in [6.07, 6.45) is -10.2. The van der Waals surface area contributed by atoms with Gasteiger partial charge < -0.3 is 176 Å². The molecule has 0 radical (unpaired) electrons. The number of hydrogen-bond donors (Lipinski definition) is 21. The maximum absolute atomic E-state index is 14.1. The molecule has 5 rings (SSSR count). The number of carbonyl (C=O) groups is 12. The Morgan fingerprint density at radius 1 is 0.356 bits per heavy atom. The Balaban J connectivity index is 1.17. The molecule has 0 aromatic rings. The van der Waals surface area contributed by atoms with E-state index < -0.39 is 204 Å². The predicted molar refractivity (Wildman–Crippen MR) is 473 cm³/mol. The number of nitrogens with zero attached hydrogens (tertiary/aromatic N) is 1. The Kier molecular flexibility index (Phi) is 58.4. The number of carbonyl (C=O) groups excluding carboxylic acids is 12. The molecule has 0 spiro atoms. The maximum Gasteiger partial charge on any atom is 0.267 e. The fourth-order valence-corrected chi connectivity index (χ4v) is 16.2. The number of phosphoric ester groups is 1. The maximum atomic E-state index is 14.1. The molecular formula is C86H152N12O36P-. The van der Waals surface area contributed by atoms with Crippen LogP contribution in [-0.2, 0) is 119 Å². The van der Waals surface area contributed by atoms with Gasteiger partial charge in [0, 0.05) is 152 Å². The fraction of sp³-hybridized carbons (Fsp3) is 0.860. The summed E-state index contributed by atoms with van der Waals surface area (Å²) in [5.41, 5.74) is 0. The first-order valence-electron chi connectivity index (χ1n) is 47.3. The lowest BCUT2D eigenvalue weighted by Crippen LogP contribution is -2.69. The molecule has 12 amide bonds. The molecule has 5 heterocycles. The van der Waals surface area contributed by atoms with Crippen LogP contribution in [0.15, 0.2) is 0 Å². The minimum Gasteiger partial charge on any atom is -0.756 e. The van der Waals surface area contributed by atoms with Crippen LogP contribution >= 0.6 is 7.82 Å². The molecule has 135 heavy (non-hydrogen) atoms. The van der Waals surface area contributed by atoms with Gasteiger partial charge in [-0.05, 0) is 96.3 Å². The Labute approximate surface area is 787 Å². The SMILES string of the molecule is COP(=O)([O-])OC[C@@H]1C[C@@H](O)CN1C(=O)CCCCCCCCCCC(=O)N[C@@H]1O[C@H](COCCC(=O)NCCCCNC(=O)CCCCO[C@@H]2O[C@H](CO)[C@H](O)[C@H](O)[C@H]2NC(C)=O)[C@@H](OCCC(=O)NCCCCNC(=O)CCCCO[C@@H]2O[C@H](CO)[C@H](O)[C@H](O)[C@H]2NC(C)=O)[C@H](OCCC(=O)NCCCCNC(=O)CCCCO[C@@H]2O[C@H](CO)[C@H](O)[C@H](O)[C@H]2NC(C)=O)[C@H]1NC(C)=O. The lowest BCUT2D eigenvalue weighted by molar-refractivity contribution is -0.270. The van der Waals surface area contributed by atoms with Crippen molar-refractivity contribution in [3.05, 3.63) is 0 Å². The Bertz CT molecular complexity index is 3560. The van der Waals surface area contributed by atoms with E-state index in [2.05, 4.69) is 63.0 Å². The molecule has 0 aromatic heterocycles. The van der Waals surface area contributed by atoms with Gasteiger partial charge in [0.2, 0.25) is 70.9 Å². The van der Waals surface area contributed by atoms with Gasteiger partial charge in [-0.15, -0.1) is 0 Å². The molecule has 5 aliphatic heterocycles. The van der Waals surface area contributed by atoms with Crippen LogP contribution < -0.4 is 63.4 Å². The Morgan fingerprint density at radius 3 is 1.04 bits per heavy atom. The molecule has 0 aliphatic carbocycles. The number of amides is 12. The van der Waals surface area contributed by atoms with Crippen LogP contribution in [0.25, 0.3) is 0 Å². The summed E-state index contributed by atoms with van der Waals surface area (Å²) in [7, 11) is -3.57. The van der Waals surface area contributed by atoms with Crippen molar-refractivity contribution in [2.45, 2.75) is 349 Å². The average molecular weight is 1960 g/mol. The van der Waals surface area contributed by atoms with E-state index >= 15 is 0 Å². The number of nitrogens with one attached hydrogen (secondary N) is 11. The summed E-state index contributed by atoms with van der Waals surface area (Å²) in [4.78, 5) is 168. The van der Waals surface area contributed by atoms with Gasteiger partial charge in [-0.2, -0.15) is 0 Å². The van der Waals surface area contributed by atoms with Crippen molar-refractivity contribution in [2.24, 2.45) is 0 Å². The minimum absolute atomic E-state index is 0.0347. The van der Waals surface area contributed by atoms with Crippen molar-refractivity contribution in [3.8, 4) is 0 Å². The first kappa shape index (κ1) is 118. The number of aliphatic hydroxyl groups excluding tert-OH is 10. The van der Waals surface area contributed by atoms with E-state index in [1.54, 1.807) is 0 Å². The molecule has 0 aromatic carbocycles. The highest BCUT2D eigenvalue weighted by molar-refractivity contribution is 7.45. The lowest BCUT2D eigenvalue weighted by atomic mass is 9.94. The van der Waals surface area contributed by atoms with E-state index in [4.69, 9.17) is 51.9 Å².